The highest BCUT2D eigenvalue weighted by atomic mass is 32.1. The molecule has 2 nitrogen and oxygen atoms in total. The van der Waals surface area contributed by atoms with Gasteiger partial charge in [0, 0.05) is 29.5 Å². The molecule has 0 aliphatic heterocycles. The number of hydrogen-bond acceptors (Lipinski definition) is 3. The highest BCUT2D eigenvalue weighted by Gasteiger charge is 2.15. The van der Waals surface area contributed by atoms with Gasteiger partial charge in [-0.25, -0.2) is 0 Å². The summed E-state index contributed by atoms with van der Waals surface area (Å²) in [5.74, 6) is 0.622. The second-order valence-electron chi connectivity index (χ2n) is 6.16. The maximum Gasteiger partial charge on any atom is 0.0591 e. The van der Waals surface area contributed by atoms with E-state index >= 15 is 0 Å². The SMILES string of the molecule is CC(C)COCCNCc1ccc(C(C)(C)C)s1. The molecule has 0 spiro atoms. The smallest absolute Gasteiger partial charge is 0.0591 e. The van der Waals surface area contributed by atoms with Crippen molar-refractivity contribution >= 4 is 11.3 Å². The van der Waals surface area contributed by atoms with E-state index in [1.165, 1.54) is 9.75 Å². The summed E-state index contributed by atoms with van der Waals surface area (Å²) in [7, 11) is 0. The fraction of sp³-hybridized carbons (Fsp3) is 0.733. The van der Waals surface area contributed by atoms with Crippen molar-refractivity contribution in [1.82, 2.24) is 5.32 Å². The third kappa shape index (κ3) is 5.98. The Morgan fingerprint density at radius 2 is 2.00 bits per heavy atom. The second-order valence-corrected chi connectivity index (χ2v) is 7.33. The molecule has 0 saturated heterocycles. The van der Waals surface area contributed by atoms with Gasteiger partial charge in [0.15, 0.2) is 0 Å². The largest absolute Gasteiger partial charge is 0.380 e. The van der Waals surface area contributed by atoms with Crippen molar-refractivity contribution in [3.63, 3.8) is 0 Å². The molecule has 0 aromatic carbocycles. The molecule has 1 heterocycles. The molecule has 0 radical (unpaired) electrons. The van der Waals surface area contributed by atoms with Crippen molar-refractivity contribution in [3.8, 4) is 0 Å². The maximum absolute atomic E-state index is 5.53. The van der Waals surface area contributed by atoms with Crippen LogP contribution in [0.3, 0.4) is 0 Å². The first-order valence-corrected chi connectivity index (χ1v) is 7.59. The summed E-state index contributed by atoms with van der Waals surface area (Å²) in [6.45, 7) is 14.7. The van der Waals surface area contributed by atoms with Crippen LogP contribution in [-0.4, -0.2) is 19.8 Å². The van der Waals surface area contributed by atoms with Crippen LogP contribution in [0.5, 0.6) is 0 Å². The number of rotatable bonds is 7. The summed E-state index contributed by atoms with van der Waals surface area (Å²) in [5.41, 5.74) is 0.267. The Labute approximate surface area is 116 Å². The highest BCUT2D eigenvalue weighted by molar-refractivity contribution is 7.12. The lowest BCUT2D eigenvalue weighted by Crippen LogP contribution is -2.19. The first-order chi connectivity index (χ1) is 8.39. The molecule has 104 valence electrons. The van der Waals surface area contributed by atoms with Gasteiger partial charge in [-0.15, -0.1) is 11.3 Å². The average molecular weight is 269 g/mol. The van der Waals surface area contributed by atoms with Gasteiger partial charge in [-0.1, -0.05) is 34.6 Å². The Hall–Kier alpha value is -0.380. The Balaban J connectivity index is 2.18. The first-order valence-electron chi connectivity index (χ1n) is 6.77. The van der Waals surface area contributed by atoms with Crippen LogP contribution in [0, 0.1) is 5.92 Å². The van der Waals surface area contributed by atoms with Gasteiger partial charge >= 0.3 is 0 Å². The topological polar surface area (TPSA) is 21.3 Å². The van der Waals surface area contributed by atoms with E-state index in [4.69, 9.17) is 4.74 Å². The van der Waals surface area contributed by atoms with Crippen LogP contribution in [0.1, 0.15) is 44.4 Å². The van der Waals surface area contributed by atoms with E-state index in [2.05, 4.69) is 52.1 Å². The van der Waals surface area contributed by atoms with Crippen LogP contribution in [0.4, 0.5) is 0 Å². The zero-order valence-corrected chi connectivity index (χ0v) is 13.2. The quantitative estimate of drug-likeness (QED) is 0.760. The van der Waals surface area contributed by atoms with Gasteiger partial charge < -0.3 is 10.1 Å². The molecule has 0 bridgehead atoms. The van der Waals surface area contributed by atoms with Gasteiger partial charge in [0.2, 0.25) is 0 Å². The molecular formula is C15H27NOS. The van der Waals surface area contributed by atoms with Crippen molar-refractivity contribution in [1.29, 1.82) is 0 Å². The van der Waals surface area contributed by atoms with Crippen LogP contribution >= 0.6 is 11.3 Å². The standard InChI is InChI=1S/C15H27NOS/c1-12(2)11-17-9-8-16-10-13-6-7-14(18-13)15(3,4)5/h6-7,12,16H,8-11H2,1-5H3. The molecule has 1 N–H and O–H groups in total. The molecule has 18 heavy (non-hydrogen) atoms. The van der Waals surface area contributed by atoms with E-state index in [0.717, 1.165) is 26.3 Å². The van der Waals surface area contributed by atoms with Crippen LogP contribution in [0.2, 0.25) is 0 Å². The lowest BCUT2D eigenvalue weighted by Gasteiger charge is -2.15. The molecule has 1 rings (SSSR count). The van der Waals surface area contributed by atoms with Crippen molar-refractivity contribution in [3.05, 3.63) is 21.9 Å². The van der Waals surface area contributed by atoms with Gasteiger partial charge in [0.05, 0.1) is 6.61 Å². The van der Waals surface area contributed by atoms with Crippen LogP contribution in [0.15, 0.2) is 12.1 Å². The van der Waals surface area contributed by atoms with Crippen molar-refractivity contribution in [2.24, 2.45) is 5.92 Å². The Morgan fingerprint density at radius 1 is 1.28 bits per heavy atom. The van der Waals surface area contributed by atoms with Crippen molar-refractivity contribution < 1.29 is 4.74 Å². The molecule has 1 aromatic heterocycles. The number of hydrogen-bond donors (Lipinski definition) is 1. The van der Waals surface area contributed by atoms with Gasteiger partial charge in [-0.05, 0) is 23.5 Å². The molecular weight excluding hydrogens is 242 g/mol. The predicted molar refractivity (Wildman–Crippen MR) is 80.4 cm³/mol. The molecule has 0 saturated carbocycles. The third-order valence-electron chi connectivity index (χ3n) is 2.57. The minimum atomic E-state index is 0.267. The number of ether oxygens (including phenoxy) is 1. The van der Waals surface area contributed by atoms with E-state index in [9.17, 15) is 0 Å². The Bertz CT molecular complexity index is 339. The summed E-state index contributed by atoms with van der Waals surface area (Å²) in [5, 5.41) is 3.43. The summed E-state index contributed by atoms with van der Waals surface area (Å²) in [6, 6.07) is 4.48. The van der Waals surface area contributed by atoms with Crippen LogP contribution in [-0.2, 0) is 16.7 Å². The average Bonchev–Trinajstić information content (AvgIpc) is 2.71. The fourth-order valence-corrected chi connectivity index (χ4v) is 2.59. The minimum Gasteiger partial charge on any atom is -0.380 e. The zero-order valence-electron chi connectivity index (χ0n) is 12.4. The summed E-state index contributed by atoms with van der Waals surface area (Å²) in [4.78, 5) is 2.86. The molecule has 1 aromatic rings. The molecule has 0 aliphatic rings. The Kier molecular flexibility index (Phi) is 6.33. The Morgan fingerprint density at radius 3 is 2.56 bits per heavy atom. The molecule has 0 aliphatic carbocycles. The maximum atomic E-state index is 5.53. The lowest BCUT2D eigenvalue weighted by atomic mass is 9.95. The zero-order chi connectivity index (χ0) is 13.6. The number of nitrogens with one attached hydrogen (secondary N) is 1. The summed E-state index contributed by atoms with van der Waals surface area (Å²) >= 11 is 1.91. The van der Waals surface area contributed by atoms with Crippen LogP contribution in [0.25, 0.3) is 0 Å². The molecule has 3 heteroatoms. The molecule has 0 fully saturated rings. The predicted octanol–water partition coefficient (Wildman–Crippen LogP) is 3.81. The minimum absolute atomic E-state index is 0.267. The van der Waals surface area contributed by atoms with Gasteiger partial charge in [-0.3, -0.25) is 0 Å². The summed E-state index contributed by atoms with van der Waals surface area (Å²) < 4.78 is 5.53. The normalized spacial score (nSPS) is 12.3. The van der Waals surface area contributed by atoms with E-state index < -0.39 is 0 Å². The van der Waals surface area contributed by atoms with Gasteiger partial charge in [-0.2, -0.15) is 0 Å². The first kappa shape index (κ1) is 15.7. The number of thiophene rings is 1. The van der Waals surface area contributed by atoms with Crippen molar-refractivity contribution in [2.75, 3.05) is 19.8 Å². The van der Waals surface area contributed by atoms with Crippen molar-refractivity contribution in [2.45, 2.75) is 46.6 Å². The van der Waals surface area contributed by atoms with E-state index in [0.29, 0.717) is 5.92 Å². The van der Waals surface area contributed by atoms with Gasteiger partial charge in [0.1, 0.15) is 0 Å². The monoisotopic (exact) mass is 269 g/mol. The van der Waals surface area contributed by atoms with Crippen LogP contribution < -0.4 is 5.32 Å². The van der Waals surface area contributed by atoms with E-state index in [1.807, 2.05) is 11.3 Å². The molecule has 0 atom stereocenters. The third-order valence-corrected chi connectivity index (χ3v) is 4.09. The van der Waals surface area contributed by atoms with E-state index in [1.54, 1.807) is 0 Å². The van der Waals surface area contributed by atoms with Gasteiger partial charge in [0.25, 0.3) is 0 Å². The molecule has 0 amide bonds. The second kappa shape index (κ2) is 7.27. The lowest BCUT2D eigenvalue weighted by molar-refractivity contribution is 0.111. The fourth-order valence-electron chi connectivity index (χ4n) is 1.55. The summed E-state index contributed by atoms with van der Waals surface area (Å²) in [6.07, 6.45) is 0. The van der Waals surface area contributed by atoms with E-state index in [-0.39, 0.29) is 5.41 Å². The highest BCUT2D eigenvalue weighted by Crippen LogP contribution is 2.29. The molecule has 0 unspecified atom stereocenters.